The molecular weight excluding hydrogens is 288 g/mol. The molecule has 3 rings (SSSR count). The molecule has 2 fully saturated rings. The highest BCUT2D eigenvalue weighted by molar-refractivity contribution is 5.76. The Bertz CT molecular complexity index is 560. The summed E-state index contributed by atoms with van der Waals surface area (Å²) in [4.78, 5) is 17.3. The van der Waals surface area contributed by atoms with E-state index in [4.69, 9.17) is 0 Å². The lowest BCUT2D eigenvalue weighted by atomic mass is 10.0. The van der Waals surface area contributed by atoms with Gasteiger partial charge < -0.3 is 4.90 Å². The van der Waals surface area contributed by atoms with Crippen molar-refractivity contribution < 1.29 is 4.79 Å². The minimum absolute atomic E-state index is 0.291. The van der Waals surface area contributed by atoms with Gasteiger partial charge in [-0.2, -0.15) is 5.10 Å². The molecule has 1 atom stereocenters. The number of hydrogen-bond donors (Lipinski definition) is 0. The number of amides is 1. The first-order valence-corrected chi connectivity index (χ1v) is 9.08. The van der Waals surface area contributed by atoms with Crippen LogP contribution in [0.3, 0.4) is 0 Å². The van der Waals surface area contributed by atoms with E-state index < -0.39 is 0 Å². The molecule has 1 amide bonds. The van der Waals surface area contributed by atoms with Crippen LogP contribution in [-0.4, -0.2) is 57.7 Å². The summed E-state index contributed by atoms with van der Waals surface area (Å²) < 4.78 is 1.99. The summed E-state index contributed by atoms with van der Waals surface area (Å²) in [6.07, 6.45) is 5.60. The minimum atomic E-state index is 0.291. The van der Waals surface area contributed by atoms with Crippen LogP contribution in [0.2, 0.25) is 0 Å². The molecule has 0 saturated carbocycles. The standard InChI is InChI=1S/C18H30N4O/c1-14-15(2)19-22(16(14)3)12-8-18(23)21-11-6-7-17(13-21)20-9-4-5-10-20/h17H,4-13H2,1-3H3. The molecule has 2 aliphatic heterocycles. The number of aryl methyl sites for hydroxylation is 2. The molecule has 0 aromatic carbocycles. The number of carbonyl (C=O) groups is 1. The monoisotopic (exact) mass is 318 g/mol. The van der Waals surface area contributed by atoms with Gasteiger partial charge in [-0.25, -0.2) is 0 Å². The lowest BCUT2D eigenvalue weighted by molar-refractivity contribution is -0.133. The molecule has 0 bridgehead atoms. The summed E-state index contributed by atoms with van der Waals surface area (Å²) in [6, 6.07) is 0.589. The zero-order valence-electron chi connectivity index (χ0n) is 14.8. The summed E-state index contributed by atoms with van der Waals surface area (Å²) in [5.74, 6) is 0.291. The smallest absolute Gasteiger partial charge is 0.224 e. The average Bonchev–Trinajstić information content (AvgIpc) is 3.18. The quantitative estimate of drug-likeness (QED) is 0.855. The van der Waals surface area contributed by atoms with Gasteiger partial charge in [-0.15, -0.1) is 0 Å². The molecule has 0 N–H and O–H groups in total. The molecule has 2 saturated heterocycles. The van der Waals surface area contributed by atoms with Crippen molar-refractivity contribution in [2.24, 2.45) is 0 Å². The number of piperidine rings is 1. The van der Waals surface area contributed by atoms with E-state index in [0.29, 0.717) is 24.9 Å². The Morgan fingerprint density at radius 3 is 2.52 bits per heavy atom. The molecular formula is C18H30N4O. The Morgan fingerprint density at radius 2 is 1.87 bits per heavy atom. The highest BCUT2D eigenvalue weighted by atomic mass is 16.2. The van der Waals surface area contributed by atoms with Crippen LogP contribution in [0, 0.1) is 20.8 Å². The van der Waals surface area contributed by atoms with Gasteiger partial charge in [0, 0.05) is 37.8 Å². The normalized spacial score (nSPS) is 22.7. The van der Waals surface area contributed by atoms with Gasteiger partial charge in [-0.05, 0) is 65.1 Å². The molecule has 3 heterocycles. The fourth-order valence-electron chi connectivity index (χ4n) is 3.95. The van der Waals surface area contributed by atoms with E-state index in [0.717, 1.165) is 25.2 Å². The Balaban J connectivity index is 1.54. The van der Waals surface area contributed by atoms with E-state index in [-0.39, 0.29) is 0 Å². The molecule has 2 aliphatic rings. The molecule has 0 spiro atoms. The van der Waals surface area contributed by atoms with Crippen molar-refractivity contribution in [1.29, 1.82) is 0 Å². The zero-order valence-corrected chi connectivity index (χ0v) is 14.8. The van der Waals surface area contributed by atoms with Gasteiger partial charge in [0.2, 0.25) is 5.91 Å². The highest BCUT2D eigenvalue weighted by Crippen LogP contribution is 2.21. The number of aromatic nitrogens is 2. The fourth-order valence-corrected chi connectivity index (χ4v) is 3.95. The first-order chi connectivity index (χ1) is 11.1. The van der Waals surface area contributed by atoms with E-state index >= 15 is 0 Å². The SMILES string of the molecule is Cc1nn(CCC(=O)N2CCCC(N3CCCC3)C2)c(C)c1C. The van der Waals surface area contributed by atoms with Crippen molar-refractivity contribution in [3.63, 3.8) is 0 Å². The van der Waals surface area contributed by atoms with Crippen molar-refractivity contribution in [1.82, 2.24) is 19.6 Å². The Hall–Kier alpha value is -1.36. The lowest BCUT2D eigenvalue weighted by Gasteiger charge is -2.37. The van der Waals surface area contributed by atoms with Gasteiger partial charge in [0.05, 0.1) is 5.69 Å². The Morgan fingerprint density at radius 1 is 1.13 bits per heavy atom. The van der Waals surface area contributed by atoms with Crippen molar-refractivity contribution in [3.8, 4) is 0 Å². The maximum Gasteiger partial charge on any atom is 0.224 e. The molecule has 5 heteroatoms. The summed E-state index contributed by atoms with van der Waals surface area (Å²) >= 11 is 0. The van der Waals surface area contributed by atoms with Crippen LogP contribution in [0.1, 0.15) is 49.1 Å². The van der Waals surface area contributed by atoms with Crippen LogP contribution in [-0.2, 0) is 11.3 Å². The van der Waals surface area contributed by atoms with Gasteiger partial charge in [0.25, 0.3) is 0 Å². The summed E-state index contributed by atoms with van der Waals surface area (Å²) in [5.41, 5.74) is 3.50. The van der Waals surface area contributed by atoms with Gasteiger partial charge in [0.1, 0.15) is 0 Å². The van der Waals surface area contributed by atoms with Gasteiger partial charge >= 0.3 is 0 Å². The lowest BCUT2D eigenvalue weighted by Crippen LogP contribution is -2.49. The second-order valence-electron chi connectivity index (χ2n) is 7.15. The maximum absolute atomic E-state index is 12.6. The molecule has 5 nitrogen and oxygen atoms in total. The van der Waals surface area contributed by atoms with Crippen molar-refractivity contribution >= 4 is 5.91 Å². The second-order valence-corrected chi connectivity index (χ2v) is 7.15. The van der Waals surface area contributed by atoms with Crippen LogP contribution in [0.5, 0.6) is 0 Å². The number of carbonyl (C=O) groups excluding carboxylic acids is 1. The average molecular weight is 318 g/mol. The molecule has 1 unspecified atom stereocenters. The first kappa shape index (κ1) is 16.5. The Kier molecular flexibility index (Phi) is 5.05. The molecule has 128 valence electrons. The maximum atomic E-state index is 12.6. The summed E-state index contributed by atoms with van der Waals surface area (Å²) in [5, 5.41) is 4.54. The van der Waals surface area contributed by atoms with Crippen molar-refractivity contribution in [3.05, 3.63) is 17.0 Å². The van der Waals surface area contributed by atoms with Crippen molar-refractivity contribution in [2.75, 3.05) is 26.2 Å². The minimum Gasteiger partial charge on any atom is -0.341 e. The fraction of sp³-hybridized carbons (Fsp3) is 0.778. The number of nitrogens with zero attached hydrogens (tertiary/aromatic N) is 4. The summed E-state index contributed by atoms with van der Waals surface area (Å²) in [7, 11) is 0. The van der Waals surface area contributed by atoms with Crippen LogP contribution in [0.25, 0.3) is 0 Å². The van der Waals surface area contributed by atoms with E-state index in [1.54, 1.807) is 0 Å². The second kappa shape index (κ2) is 7.04. The predicted octanol–water partition coefficient (Wildman–Crippen LogP) is 2.29. The molecule has 1 aromatic heterocycles. The van der Waals surface area contributed by atoms with E-state index in [2.05, 4.69) is 28.7 Å². The molecule has 0 aliphatic carbocycles. The van der Waals surface area contributed by atoms with Crippen LogP contribution >= 0.6 is 0 Å². The third kappa shape index (κ3) is 3.60. The summed E-state index contributed by atoms with van der Waals surface area (Å²) in [6.45, 7) is 11.2. The van der Waals surface area contributed by atoms with E-state index in [1.165, 1.54) is 43.6 Å². The third-order valence-corrected chi connectivity index (χ3v) is 5.69. The van der Waals surface area contributed by atoms with Crippen molar-refractivity contribution in [2.45, 2.75) is 65.5 Å². The number of rotatable bonds is 4. The van der Waals surface area contributed by atoms with Gasteiger partial charge in [-0.1, -0.05) is 0 Å². The van der Waals surface area contributed by atoms with E-state index in [1.807, 2.05) is 11.6 Å². The highest BCUT2D eigenvalue weighted by Gasteiger charge is 2.29. The third-order valence-electron chi connectivity index (χ3n) is 5.69. The molecule has 23 heavy (non-hydrogen) atoms. The van der Waals surface area contributed by atoms with Crippen LogP contribution < -0.4 is 0 Å². The largest absolute Gasteiger partial charge is 0.341 e. The number of likely N-dealkylation sites (tertiary alicyclic amines) is 2. The van der Waals surface area contributed by atoms with Crippen LogP contribution in [0.15, 0.2) is 0 Å². The van der Waals surface area contributed by atoms with Crippen LogP contribution in [0.4, 0.5) is 0 Å². The molecule has 0 radical (unpaired) electrons. The molecule has 1 aromatic rings. The Labute approximate surface area is 139 Å². The number of hydrogen-bond acceptors (Lipinski definition) is 3. The topological polar surface area (TPSA) is 41.4 Å². The predicted molar refractivity (Wildman–Crippen MR) is 91.5 cm³/mol. The first-order valence-electron chi connectivity index (χ1n) is 9.08. The van der Waals surface area contributed by atoms with Gasteiger partial charge in [-0.3, -0.25) is 14.4 Å². The van der Waals surface area contributed by atoms with Gasteiger partial charge in [0.15, 0.2) is 0 Å². The zero-order chi connectivity index (χ0) is 16.4. The van der Waals surface area contributed by atoms with E-state index in [9.17, 15) is 4.79 Å².